The molecule has 2 aromatic rings. The minimum Gasteiger partial charge on any atom is -0.454 e. The maximum Gasteiger partial charge on any atom is 0.326 e. The highest BCUT2D eigenvalue weighted by Gasteiger charge is 2.17. The molecule has 0 saturated carbocycles. The van der Waals surface area contributed by atoms with E-state index in [9.17, 15) is 19.2 Å². The summed E-state index contributed by atoms with van der Waals surface area (Å²) in [6, 6.07) is 0. The third-order valence-corrected chi connectivity index (χ3v) is 5.01. The summed E-state index contributed by atoms with van der Waals surface area (Å²) in [6.07, 6.45) is 1.29. The Kier molecular flexibility index (Phi) is 6.09. The van der Waals surface area contributed by atoms with E-state index in [0.717, 1.165) is 19.9 Å². The summed E-state index contributed by atoms with van der Waals surface area (Å²) in [4.78, 5) is 54.5. The number of carbonyl (C=O) groups excluding carboxylic acids is 3. The van der Waals surface area contributed by atoms with Crippen molar-refractivity contribution in [3.05, 3.63) is 27.1 Å². The fourth-order valence-corrected chi connectivity index (χ4v) is 3.19. The molecule has 0 aliphatic rings. The van der Waals surface area contributed by atoms with Gasteiger partial charge in [0.15, 0.2) is 6.61 Å². The van der Waals surface area contributed by atoms with Crippen molar-refractivity contribution in [1.29, 1.82) is 0 Å². The van der Waals surface area contributed by atoms with Crippen LogP contribution in [0.3, 0.4) is 0 Å². The molecule has 2 amide bonds. The molecule has 10 heteroatoms. The molecule has 0 atom stereocenters. The number of aromatic nitrogens is 2. The number of nitrogens with zero attached hydrogens (tertiary/aromatic N) is 3. The van der Waals surface area contributed by atoms with Crippen LogP contribution >= 0.6 is 11.3 Å². The first kappa shape index (κ1) is 19.6. The van der Waals surface area contributed by atoms with E-state index in [1.54, 1.807) is 0 Å². The van der Waals surface area contributed by atoms with Crippen LogP contribution < -0.4 is 10.9 Å². The Morgan fingerprint density at radius 3 is 2.69 bits per heavy atom. The molecule has 0 radical (unpaired) electrons. The van der Waals surface area contributed by atoms with E-state index < -0.39 is 18.5 Å². The first-order chi connectivity index (χ1) is 12.2. The third kappa shape index (κ3) is 4.26. The average molecular weight is 380 g/mol. The van der Waals surface area contributed by atoms with Crippen LogP contribution in [0.25, 0.3) is 10.2 Å². The average Bonchev–Trinajstić information content (AvgIpc) is 2.90. The van der Waals surface area contributed by atoms with Crippen LogP contribution in [0.5, 0.6) is 0 Å². The van der Waals surface area contributed by atoms with Crippen LogP contribution in [0.4, 0.5) is 0 Å². The molecule has 0 fully saturated rings. The molecule has 1 N–H and O–H groups in total. The van der Waals surface area contributed by atoms with Crippen LogP contribution in [0.15, 0.2) is 11.1 Å². The van der Waals surface area contributed by atoms with Crippen LogP contribution in [-0.4, -0.2) is 59.5 Å². The number of fused-ring (bicyclic) bond motifs is 1. The molecule has 2 heterocycles. The standard InChI is InChI=1S/C16H20N4O5S/c1-9-10(2)26-15-14(9)16(24)20(8-18-15)6-13(23)25-7-12(22)19(4)5-11(21)17-3/h8H,5-7H2,1-4H3,(H,17,21). The van der Waals surface area contributed by atoms with Crippen molar-refractivity contribution < 1.29 is 19.1 Å². The molecule has 2 aromatic heterocycles. The fraction of sp³-hybridized carbons (Fsp3) is 0.438. The molecular formula is C16H20N4O5S. The number of nitrogens with one attached hydrogen (secondary N) is 1. The van der Waals surface area contributed by atoms with Gasteiger partial charge in [0.05, 0.1) is 18.3 Å². The smallest absolute Gasteiger partial charge is 0.326 e. The van der Waals surface area contributed by atoms with Gasteiger partial charge in [-0.15, -0.1) is 11.3 Å². The van der Waals surface area contributed by atoms with E-state index in [-0.39, 0.29) is 24.6 Å². The van der Waals surface area contributed by atoms with E-state index in [2.05, 4.69) is 10.3 Å². The normalized spacial score (nSPS) is 10.6. The Morgan fingerprint density at radius 2 is 2.04 bits per heavy atom. The lowest BCUT2D eigenvalue weighted by Crippen LogP contribution is -2.39. The van der Waals surface area contributed by atoms with Gasteiger partial charge >= 0.3 is 5.97 Å². The first-order valence-electron chi connectivity index (χ1n) is 7.80. The number of ether oxygens (including phenoxy) is 1. The number of esters is 1. The second-order valence-electron chi connectivity index (χ2n) is 5.72. The topological polar surface area (TPSA) is 111 Å². The Labute approximate surface area is 153 Å². The van der Waals surface area contributed by atoms with Crippen molar-refractivity contribution in [2.24, 2.45) is 0 Å². The summed E-state index contributed by atoms with van der Waals surface area (Å²) < 4.78 is 6.06. The largest absolute Gasteiger partial charge is 0.454 e. The SMILES string of the molecule is CNC(=O)CN(C)C(=O)COC(=O)Cn1cnc2sc(C)c(C)c2c1=O. The number of amides is 2. The predicted octanol–water partition coefficient (Wildman–Crippen LogP) is -0.178. The number of carbonyl (C=O) groups is 3. The number of hydrogen-bond acceptors (Lipinski definition) is 7. The molecule has 26 heavy (non-hydrogen) atoms. The van der Waals surface area contributed by atoms with Crippen molar-refractivity contribution in [2.45, 2.75) is 20.4 Å². The monoisotopic (exact) mass is 380 g/mol. The van der Waals surface area contributed by atoms with Gasteiger partial charge in [0.1, 0.15) is 11.4 Å². The Balaban J connectivity index is 2.00. The molecule has 140 valence electrons. The summed E-state index contributed by atoms with van der Waals surface area (Å²) in [5.41, 5.74) is 0.521. The second kappa shape index (κ2) is 8.09. The van der Waals surface area contributed by atoms with E-state index >= 15 is 0 Å². The molecule has 0 bridgehead atoms. The number of thiophene rings is 1. The van der Waals surface area contributed by atoms with Gasteiger partial charge in [0.2, 0.25) is 5.91 Å². The minimum absolute atomic E-state index is 0.135. The van der Waals surface area contributed by atoms with Gasteiger partial charge in [-0.1, -0.05) is 0 Å². The fourth-order valence-electron chi connectivity index (χ4n) is 2.20. The quantitative estimate of drug-likeness (QED) is 0.696. The number of rotatable bonds is 6. The maximum atomic E-state index is 12.5. The van der Waals surface area contributed by atoms with E-state index in [1.807, 2.05) is 13.8 Å². The van der Waals surface area contributed by atoms with E-state index in [1.165, 1.54) is 31.8 Å². The summed E-state index contributed by atoms with van der Waals surface area (Å²) in [5, 5.41) is 2.88. The van der Waals surface area contributed by atoms with Gasteiger partial charge in [0, 0.05) is 19.0 Å². The zero-order chi connectivity index (χ0) is 19.4. The van der Waals surface area contributed by atoms with Crippen LogP contribution in [0, 0.1) is 13.8 Å². The van der Waals surface area contributed by atoms with Gasteiger partial charge in [-0.3, -0.25) is 23.7 Å². The molecule has 9 nitrogen and oxygen atoms in total. The van der Waals surface area contributed by atoms with Crippen molar-refractivity contribution in [2.75, 3.05) is 27.2 Å². The highest BCUT2D eigenvalue weighted by Crippen LogP contribution is 2.25. The van der Waals surface area contributed by atoms with Gasteiger partial charge in [-0.2, -0.15) is 0 Å². The van der Waals surface area contributed by atoms with E-state index in [0.29, 0.717) is 10.2 Å². The minimum atomic E-state index is -0.737. The molecule has 0 aromatic carbocycles. The third-order valence-electron chi connectivity index (χ3n) is 3.90. The van der Waals surface area contributed by atoms with Gasteiger partial charge in [-0.05, 0) is 19.4 Å². The highest BCUT2D eigenvalue weighted by atomic mass is 32.1. The van der Waals surface area contributed by atoms with Gasteiger partial charge in [0.25, 0.3) is 11.5 Å². The molecule has 2 rings (SSSR count). The van der Waals surface area contributed by atoms with Gasteiger partial charge in [-0.25, -0.2) is 4.98 Å². The molecule has 0 unspecified atom stereocenters. The van der Waals surface area contributed by atoms with Crippen molar-refractivity contribution in [3.63, 3.8) is 0 Å². The molecule has 0 spiro atoms. The Bertz CT molecular complexity index is 917. The van der Waals surface area contributed by atoms with Crippen LogP contribution in [-0.2, 0) is 25.7 Å². The number of hydrogen-bond donors (Lipinski definition) is 1. The van der Waals surface area contributed by atoms with Gasteiger partial charge < -0.3 is 15.0 Å². The summed E-state index contributed by atoms with van der Waals surface area (Å²) in [6.45, 7) is 2.75. The predicted molar refractivity (Wildman–Crippen MR) is 96.0 cm³/mol. The highest BCUT2D eigenvalue weighted by molar-refractivity contribution is 7.18. The second-order valence-corrected chi connectivity index (χ2v) is 6.93. The zero-order valence-corrected chi connectivity index (χ0v) is 15.8. The molecule has 0 aliphatic carbocycles. The Hall–Kier alpha value is -2.75. The Morgan fingerprint density at radius 1 is 1.35 bits per heavy atom. The maximum absolute atomic E-state index is 12.5. The number of likely N-dealkylation sites (N-methyl/N-ethyl adjacent to an activating group) is 2. The lowest BCUT2D eigenvalue weighted by Gasteiger charge is -2.16. The van der Waals surface area contributed by atoms with Crippen LogP contribution in [0.1, 0.15) is 10.4 Å². The lowest BCUT2D eigenvalue weighted by molar-refractivity contribution is -0.152. The summed E-state index contributed by atoms with van der Waals surface area (Å²) in [5.74, 6) is -1.59. The lowest BCUT2D eigenvalue weighted by atomic mass is 10.2. The summed E-state index contributed by atoms with van der Waals surface area (Å²) >= 11 is 1.42. The van der Waals surface area contributed by atoms with Crippen molar-refractivity contribution in [1.82, 2.24) is 19.8 Å². The van der Waals surface area contributed by atoms with E-state index in [4.69, 9.17) is 4.74 Å². The van der Waals surface area contributed by atoms with Crippen molar-refractivity contribution in [3.8, 4) is 0 Å². The summed E-state index contributed by atoms with van der Waals surface area (Å²) in [7, 11) is 2.88. The number of aryl methyl sites for hydroxylation is 2. The molecular weight excluding hydrogens is 360 g/mol. The molecule has 0 aliphatic heterocycles. The molecule has 0 saturated heterocycles. The first-order valence-corrected chi connectivity index (χ1v) is 8.61. The van der Waals surface area contributed by atoms with Crippen LogP contribution in [0.2, 0.25) is 0 Å². The van der Waals surface area contributed by atoms with Crippen molar-refractivity contribution >= 4 is 39.3 Å². The zero-order valence-electron chi connectivity index (χ0n) is 15.0.